The van der Waals surface area contributed by atoms with Crippen molar-refractivity contribution in [1.29, 1.82) is 0 Å². The number of nitrogens with zero attached hydrogens (tertiary/aromatic N) is 1. The highest BCUT2D eigenvalue weighted by molar-refractivity contribution is 7.88. The maximum atomic E-state index is 12.5. The molecule has 0 atom stereocenters. The van der Waals surface area contributed by atoms with E-state index in [1.807, 2.05) is 6.92 Å². The number of sulfonamides is 1. The van der Waals surface area contributed by atoms with Crippen LogP contribution in [-0.2, 0) is 15.8 Å². The molecule has 1 saturated carbocycles. The molecule has 1 aliphatic carbocycles. The zero-order chi connectivity index (χ0) is 15.5. The molecule has 0 heterocycles. The molecular formula is C15H21NO4S. The van der Waals surface area contributed by atoms with E-state index in [-0.39, 0.29) is 11.3 Å². The third-order valence-corrected chi connectivity index (χ3v) is 5.85. The van der Waals surface area contributed by atoms with E-state index in [1.54, 1.807) is 12.1 Å². The minimum atomic E-state index is -3.40. The number of hydrogen-bond acceptors (Lipinski definition) is 3. The first-order valence-electron chi connectivity index (χ1n) is 7.22. The maximum absolute atomic E-state index is 12.5. The van der Waals surface area contributed by atoms with Crippen LogP contribution in [0.2, 0.25) is 0 Å². The van der Waals surface area contributed by atoms with Crippen LogP contribution in [0.25, 0.3) is 0 Å². The Labute approximate surface area is 125 Å². The normalized spacial score (nSPS) is 15.9. The van der Waals surface area contributed by atoms with Gasteiger partial charge in [-0.2, -0.15) is 0 Å². The van der Waals surface area contributed by atoms with Crippen LogP contribution in [0.3, 0.4) is 0 Å². The first-order valence-corrected chi connectivity index (χ1v) is 8.83. The molecule has 1 aromatic rings. The third-order valence-electron chi connectivity index (χ3n) is 3.96. The zero-order valence-electron chi connectivity index (χ0n) is 12.2. The molecular weight excluding hydrogens is 290 g/mol. The van der Waals surface area contributed by atoms with Crippen LogP contribution in [0.5, 0.6) is 0 Å². The fourth-order valence-corrected chi connectivity index (χ4v) is 4.11. The fourth-order valence-electron chi connectivity index (χ4n) is 2.50. The molecule has 0 saturated heterocycles. The SMILES string of the molecule is CCN(CC1CCC1)S(=O)(=O)Cc1cccc(C(=O)O)c1. The molecule has 0 amide bonds. The number of benzene rings is 1. The summed E-state index contributed by atoms with van der Waals surface area (Å²) < 4.78 is 26.5. The lowest BCUT2D eigenvalue weighted by molar-refractivity contribution is 0.0696. The van der Waals surface area contributed by atoms with Crippen LogP contribution in [-0.4, -0.2) is 36.9 Å². The summed E-state index contributed by atoms with van der Waals surface area (Å²) in [5, 5.41) is 8.96. The quantitative estimate of drug-likeness (QED) is 0.838. The lowest BCUT2D eigenvalue weighted by Crippen LogP contribution is -2.37. The maximum Gasteiger partial charge on any atom is 0.335 e. The molecule has 2 rings (SSSR count). The van der Waals surface area contributed by atoms with Gasteiger partial charge < -0.3 is 5.11 Å². The first-order chi connectivity index (χ1) is 9.92. The lowest BCUT2D eigenvalue weighted by atomic mass is 9.85. The molecule has 1 fully saturated rings. The predicted molar refractivity (Wildman–Crippen MR) is 80.6 cm³/mol. The van der Waals surface area contributed by atoms with Crippen molar-refractivity contribution in [3.05, 3.63) is 35.4 Å². The van der Waals surface area contributed by atoms with Gasteiger partial charge in [0.25, 0.3) is 0 Å². The van der Waals surface area contributed by atoms with Gasteiger partial charge in [-0.1, -0.05) is 25.5 Å². The number of carboxylic acids is 1. The van der Waals surface area contributed by atoms with Gasteiger partial charge in [0.2, 0.25) is 10.0 Å². The second-order valence-electron chi connectivity index (χ2n) is 5.51. The summed E-state index contributed by atoms with van der Waals surface area (Å²) in [6.45, 7) is 2.87. The second-order valence-corrected chi connectivity index (χ2v) is 7.48. The summed E-state index contributed by atoms with van der Waals surface area (Å²) in [5.74, 6) is -0.713. The smallest absolute Gasteiger partial charge is 0.335 e. The fraction of sp³-hybridized carbons (Fsp3) is 0.533. The van der Waals surface area contributed by atoms with Crippen molar-refractivity contribution in [3.63, 3.8) is 0 Å². The molecule has 0 aliphatic heterocycles. The highest BCUT2D eigenvalue weighted by Gasteiger charge is 2.27. The van der Waals surface area contributed by atoms with Crippen LogP contribution in [0, 0.1) is 5.92 Å². The van der Waals surface area contributed by atoms with Crippen LogP contribution in [0.1, 0.15) is 42.1 Å². The molecule has 0 spiro atoms. The Kier molecular flexibility index (Phi) is 5.00. The number of carboxylic acid groups (broad SMARTS) is 1. The summed E-state index contributed by atoms with van der Waals surface area (Å²) in [4.78, 5) is 10.9. The topological polar surface area (TPSA) is 74.7 Å². The Hall–Kier alpha value is -1.40. The zero-order valence-corrected chi connectivity index (χ0v) is 13.0. The van der Waals surface area contributed by atoms with Crippen molar-refractivity contribution in [2.24, 2.45) is 5.92 Å². The van der Waals surface area contributed by atoms with Crippen molar-refractivity contribution in [2.75, 3.05) is 13.1 Å². The average molecular weight is 311 g/mol. The van der Waals surface area contributed by atoms with E-state index in [4.69, 9.17) is 5.11 Å². The molecule has 116 valence electrons. The van der Waals surface area contributed by atoms with E-state index in [1.165, 1.54) is 22.9 Å². The monoisotopic (exact) mass is 311 g/mol. The summed E-state index contributed by atoms with van der Waals surface area (Å²) in [7, 11) is -3.40. The van der Waals surface area contributed by atoms with Gasteiger partial charge in [-0.25, -0.2) is 17.5 Å². The van der Waals surface area contributed by atoms with E-state index in [2.05, 4.69) is 0 Å². The molecule has 1 N–H and O–H groups in total. The number of hydrogen-bond donors (Lipinski definition) is 1. The van der Waals surface area contributed by atoms with Crippen LogP contribution >= 0.6 is 0 Å². The minimum Gasteiger partial charge on any atom is -0.478 e. The molecule has 0 bridgehead atoms. The Balaban J connectivity index is 2.11. The Morgan fingerprint density at radius 3 is 2.62 bits per heavy atom. The summed E-state index contributed by atoms with van der Waals surface area (Å²) >= 11 is 0. The van der Waals surface area contributed by atoms with Crippen LogP contribution in [0.15, 0.2) is 24.3 Å². The number of aromatic carboxylic acids is 1. The van der Waals surface area contributed by atoms with E-state index in [0.29, 0.717) is 24.6 Å². The number of carbonyl (C=O) groups is 1. The van der Waals surface area contributed by atoms with Gasteiger partial charge in [0.1, 0.15) is 0 Å². The van der Waals surface area contributed by atoms with Crippen molar-refractivity contribution >= 4 is 16.0 Å². The highest BCUT2D eigenvalue weighted by Crippen LogP contribution is 2.28. The van der Waals surface area contributed by atoms with E-state index in [9.17, 15) is 13.2 Å². The molecule has 1 aromatic carbocycles. The average Bonchev–Trinajstić information content (AvgIpc) is 2.36. The second kappa shape index (κ2) is 6.58. The third kappa shape index (κ3) is 4.04. The molecule has 1 aliphatic rings. The van der Waals surface area contributed by atoms with Gasteiger partial charge in [-0.05, 0) is 36.5 Å². The molecule has 0 aromatic heterocycles. The van der Waals surface area contributed by atoms with Gasteiger partial charge in [0, 0.05) is 13.1 Å². The number of rotatable bonds is 7. The van der Waals surface area contributed by atoms with Crippen molar-refractivity contribution in [2.45, 2.75) is 31.9 Å². The summed E-state index contributed by atoms with van der Waals surface area (Å²) in [5.41, 5.74) is 0.631. The Morgan fingerprint density at radius 2 is 2.10 bits per heavy atom. The minimum absolute atomic E-state index is 0.116. The van der Waals surface area contributed by atoms with Gasteiger partial charge in [-0.15, -0.1) is 0 Å². The van der Waals surface area contributed by atoms with Crippen LogP contribution in [0.4, 0.5) is 0 Å². The Morgan fingerprint density at radius 1 is 1.38 bits per heavy atom. The molecule has 0 unspecified atom stereocenters. The van der Waals surface area contributed by atoms with Crippen LogP contribution < -0.4 is 0 Å². The van der Waals surface area contributed by atoms with Gasteiger partial charge >= 0.3 is 5.97 Å². The molecule has 0 radical (unpaired) electrons. The largest absolute Gasteiger partial charge is 0.478 e. The highest BCUT2D eigenvalue weighted by atomic mass is 32.2. The van der Waals surface area contributed by atoms with Crippen molar-refractivity contribution < 1.29 is 18.3 Å². The Bertz CT molecular complexity index is 608. The van der Waals surface area contributed by atoms with Crippen molar-refractivity contribution in [1.82, 2.24) is 4.31 Å². The van der Waals surface area contributed by atoms with Gasteiger partial charge in [0.05, 0.1) is 11.3 Å². The summed E-state index contributed by atoms with van der Waals surface area (Å²) in [6, 6.07) is 6.12. The lowest BCUT2D eigenvalue weighted by Gasteiger charge is -2.31. The summed E-state index contributed by atoms with van der Waals surface area (Å²) in [6.07, 6.45) is 3.38. The first kappa shape index (κ1) is 16.0. The molecule has 6 heteroatoms. The molecule has 21 heavy (non-hydrogen) atoms. The van der Waals surface area contributed by atoms with E-state index < -0.39 is 16.0 Å². The van der Waals surface area contributed by atoms with Crippen molar-refractivity contribution in [3.8, 4) is 0 Å². The van der Waals surface area contributed by atoms with E-state index >= 15 is 0 Å². The predicted octanol–water partition coefficient (Wildman–Crippen LogP) is 2.34. The van der Waals surface area contributed by atoms with Gasteiger partial charge in [0.15, 0.2) is 0 Å². The van der Waals surface area contributed by atoms with Gasteiger partial charge in [-0.3, -0.25) is 0 Å². The van der Waals surface area contributed by atoms with E-state index in [0.717, 1.165) is 12.8 Å². The molecule has 5 nitrogen and oxygen atoms in total. The standard InChI is InChI=1S/C15H21NO4S/c1-2-16(10-12-5-3-6-12)21(19,20)11-13-7-4-8-14(9-13)15(17)18/h4,7-9,12H,2-3,5-6,10-11H2,1H3,(H,17,18).